The molecule has 1 aliphatic heterocycles. The van der Waals surface area contributed by atoms with Crippen LogP contribution in [0.4, 0.5) is 4.79 Å². The Balaban J connectivity index is 1.55. The van der Waals surface area contributed by atoms with Crippen LogP contribution in [-0.2, 0) is 17.6 Å². The van der Waals surface area contributed by atoms with Crippen LogP contribution in [-0.4, -0.2) is 66.6 Å². The number of amides is 1. The third-order valence-corrected chi connectivity index (χ3v) is 4.93. The maximum atomic E-state index is 11.0. The van der Waals surface area contributed by atoms with Crippen LogP contribution in [0.1, 0.15) is 16.7 Å². The normalized spacial score (nSPS) is 20.0. The number of nitrogens with zero attached hydrogens (tertiary/aromatic N) is 3. The minimum Gasteiger partial charge on any atom is -0.491 e. The van der Waals surface area contributed by atoms with Gasteiger partial charge in [0.15, 0.2) is 0 Å². The molecule has 0 bridgehead atoms. The van der Waals surface area contributed by atoms with E-state index in [-0.39, 0.29) is 5.92 Å². The first-order valence-electron chi connectivity index (χ1n) is 8.45. The summed E-state index contributed by atoms with van der Waals surface area (Å²) in [4.78, 5) is 25.5. The van der Waals surface area contributed by atoms with Crippen molar-refractivity contribution < 1.29 is 19.4 Å². The van der Waals surface area contributed by atoms with Crippen molar-refractivity contribution in [3.8, 4) is 11.8 Å². The van der Waals surface area contributed by atoms with Crippen LogP contribution < -0.4 is 4.74 Å². The highest BCUT2D eigenvalue weighted by Gasteiger charge is 2.26. The summed E-state index contributed by atoms with van der Waals surface area (Å²) in [6.45, 7) is 3.51. The van der Waals surface area contributed by atoms with E-state index >= 15 is 0 Å². The van der Waals surface area contributed by atoms with Crippen molar-refractivity contribution in [3.05, 3.63) is 28.8 Å². The lowest BCUT2D eigenvalue weighted by Crippen LogP contribution is -2.49. The Bertz CT molecular complexity index is 705. The van der Waals surface area contributed by atoms with Crippen LogP contribution in [0.5, 0.6) is 5.75 Å². The molecular formula is C18H21N3O4. The summed E-state index contributed by atoms with van der Waals surface area (Å²) >= 11 is 0. The Morgan fingerprint density at radius 1 is 1.32 bits per heavy atom. The minimum absolute atomic E-state index is 0.0390. The molecule has 25 heavy (non-hydrogen) atoms. The van der Waals surface area contributed by atoms with Crippen LogP contribution in [0.3, 0.4) is 0 Å². The van der Waals surface area contributed by atoms with E-state index < -0.39 is 6.09 Å². The summed E-state index contributed by atoms with van der Waals surface area (Å²) in [5, 5.41) is 18.4. The van der Waals surface area contributed by atoms with Crippen molar-refractivity contribution >= 4 is 12.4 Å². The average Bonchev–Trinajstić information content (AvgIpc) is 3.05. The summed E-state index contributed by atoms with van der Waals surface area (Å²) in [6.07, 6.45) is 1.39. The van der Waals surface area contributed by atoms with Crippen molar-refractivity contribution in [2.75, 3.05) is 39.3 Å². The maximum Gasteiger partial charge on any atom is 0.407 e. The van der Waals surface area contributed by atoms with Crippen LogP contribution in [0, 0.1) is 17.2 Å². The molecule has 132 valence electrons. The molecule has 0 spiro atoms. The molecule has 1 aliphatic carbocycles. The standard InChI is InChI=1S/C18H21N3O4/c19-11-16-15-10-13(12-22)9-14(15)1-2-17(16)25-8-7-20-3-5-21(6-4-20)18(23)24/h1-2,12-13H,3-10H2,(H,23,24). The van der Waals surface area contributed by atoms with Crippen LogP contribution in [0.15, 0.2) is 12.1 Å². The molecule has 2 aliphatic rings. The van der Waals surface area contributed by atoms with Gasteiger partial charge in [0.25, 0.3) is 0 Å². The number of nitriles is 1. The van der Waals surface area contributed by atoms with E-state index in [1.54, 1.807) is 0 Å². The molecule has 7 nitrogen and oxygen atoms in total. The molecule has 0 saturated carbocycles. The van der Waals surface area contributed by atoms with Gasteiger partial charge in [0.2, 0.25) is 0 Å². The summed E-state index contributed by atoms with van der Waals surface area (Å²) in [6, 6.07) is 5.98. The monoisotopic (exact) mass is 343 g/mol. The number of carbonyl (C=O) groups is 2. The molecule has 1 aromatic rings. The highest BCUT2D eigenvalue weighted by molar-refractivity contribution is 5.65. The first kappa shape index (κ1) is 17.2. The zero-order chi connectivity index (χ0) is 17.8. The number of hydrogen-bond donors (Lipinski definition) is 1. The van der Waals surface area contributed by atoms with Gasteiger partial charge in [0.1, 0.15) is 24.7 Å². The Morgan fingerprint density at radius 2 is 2.08 bits per heavy atom. The van der Waals surface area contributed by atoms with E-state index in [0.717, 1.165) is 17.4 Å². The minimum atomic E-state index is -0.874. The molecule has 1 aromatic carbocycles. The highest BCUT2D eigenvalue weighted by Crippen LogP contribution is 2.33. The molecule has 1 N–H and O–H groups in total. The first-order valence-corrected chi connectivity index (χ1v) is 8.45. The van der Waals surface area contributed by atoms with Gasteiger partial charge in [0.05, 0.1) is 5.56 Å². The third kappa shape index (κ3) is 3.74. The fourth-order valence-electron chi connectivity index (χ4n) is 3.50. The van der Waals surface area contributed by atoms with E-state index in [1.165, 1.54) is 4.90 Å². The third-order valence-electron chi connectivity index (χ3n) is 4.93. The van der Waals surface area contributed by atoms with E-state index in [2.05, 4.69) is 11.0 Å². The van der Waals surface area contributed by atoms with Gasteiger partial charge in [-0.15, -0.1) is 0 Å². The number of rotatable bonds is 5. The Hall–Kier alpha value is -2.59. The number of aldehydes is 1. The number of ether oxygens (including phenoxy) is 1. The Labute approximate surface area is 146 Å². The molecular weight excluding hydrogens is 322 g/mol. The Kier molecular flexibility index (Phi) is 5.19. The number of piperazine rings is 1. The number of fused-ring (bicyclic) bond motifs is 1. The number of carbonyl (C=O) groups excluding carboxylic acids is 1. The SMILES string of the molecule is N#Cc1c(OCCN2CCN(C(=O)O)CC2)ccc2c1CC(C=O)C2. The lowest BCUT2D eigenvalue weighted by molar-refractivity contribution is -0.110. The average molecular weight is 343 g/mol. The number of carboxylic acid groups (broad SMARTS) is 1. The van der Waals surface area contributed by atoms with E-state index in [4.69, 9.17) is 9.84 Å². The van der Waals surface area contributed by atoms with Gasteiger partial charge in [-0.2, -0.15) is 5.26 Å². The van der Waals surface area contributed by atoms with Crippen LogP contribution >= 0.6 is 0 Å². The quantitative estimate of drug-likeness (QED) is 0.806. The van der Waals surface area contributed by atoms with Crippen molar-refractivity contribution in [3.63, 3.8) is 0 Å². The highest BCUT2D eigenvalue weighted by atomic mass is 16.5. The molecule has 1 saturated heterocycles. The van der Waals surface area contributed by atoms with Gasteiger partial charge in [-0.1, -0.05) is 6.07 Å². The second-order valence-electron chi connectivity index (χ2n) is 6.45. The summed E-state index contributed by atoms with van der Waals surface area (Å²) in [7, 11) is 0. The van der Waals surface area contributed by atoms with E-state index in [0.29, 0.717) is 63.5 Å². The van der Waals surface area contributed by atoms with Crippen molar-refractivity contribution in [2.24, 2.45) is 5.92 Å². The molecule has 1 heterocycles. The summed E-state index contributed by atoms with van der Waals surface area (Å²) < 4.78 is 5.82. The van der Waals surface area contributed by atoms with Crippen molar-refractivity contribution in [1.29, 1.82) is 5.26 Å². The van der Waals surface area contributed by atoms with Crippen molar-refractivity contribution in [2.45, 2.75) is 12.8 Å². The van der Waals surface area contributed by atoms with Crippen LogP contribution in [0.25, 0.3) is 0 Å². The molecule has 0 radical (unpaired) electrons. The van der Waals surface area contributed by atoms with Gasteiger partial charge >= 0.3 is 6.09 Å². The smallest absolute Gasteiger partial charge is 0.407 e. The summed E-state index contributed by atoms with van der Waals surface area (Å²) in [5.41, 5.74) is 2.54. The predicted molar refractivity (Wildman–Crippen MR) is 89.7 cm³/mol. The van der Waals surface area contributed by atoms with Gasteiger partial charge in [-0.05, 0) is 30.0 Å². The summed E-state index contributed by atoms with van der Waals surface area (Å²) in [5.74, 6) is 0.528. The second kappa shape index (κ2) is 7.53. The molecule has 7 heteroatoms. The largest absolute Gasteiger partial charge is 0.491 e. The topological polar surface area (TPSA) is 93.9 Å². The molecule has 1 amide bonds. The maximum absolute atomic E-state index is 11.0. The fourth-order valence-corrected chi connectivity index (χ4v) is 3.50. The molecule has 0 aromatic heterocycles. The van der Waals surface area contributed by atoms with Gasteiger partial charge in [-0.3, -0.25) is 4.90 Å². The lowest BCUT2D eigenvalue weighted by Gasteiger charge is -2.32. The Morgan fingerprint density at radius 3 is 2.72 bits per heavy atom. The number of benzene rings is 1. The van der Waals surface area contributed by atoms with Crippen molar-refractivity contribution in [1.82, 2.24) is 9.80 Å². The fraction of sp³-hybridized carbons (Fsp3) is 0.500. The molecule has 1 fully saturated rings. The van der Waals surface area contributed by atoms with E-state index in [1.807, 2.05) is 12.1 Å². The van der Waals surface area contributed by atoms with E-state index in [9.17, 15) is 14.9 Å². The lowest BCUT2D eigenvalue weighted by atomic mass is 10.0. The van der Waals surface area contributed by atoms with Gasteiger partial charge < -0.3 is 19.5 Å². The molecule has 1 atom stereocenters. The first-order chi connectivity index (χ1) is 12.1. The second-order valence-corrected chi connectivity index (χ2v) is 6.45. The number of hydrogen-bond acceptors (Lipinski definition) is 5. The van der Waals surface area contributed by atoms with Gasteiger partial charge in [0, 0.05) is 38.6 Å². The van der Waals surface area contributed by atoms with Gasteiger partial charge in [-0.25, -0.2) is 4.79 Å². The molecule has 3 rings (SSSR count). The molecule has 1 unspecified atom stereocenters. The predicted octanol–water partition coefficient (Wildman–Crippen LogP) is 1.15. The zero-order valence-corrected chi connectivity index (χ0v) is 14.0. The zero-order valence-electron chi connectivity index (χ0n) is 14.0. The van der Waals surface area contributed by atoms with Crippen LogP contribution in [0.2, 0.25) is 0 Å².